The standard InChI is InChI=1S/C15H16N6/c1-12-2-3-14(19-18-12)20-6-8-21(9-7-20)15-10-13(11-16)4-5-17-15/h2-5,10H,6-9H2,1H3. The second-order valence-corrected chi connectivity index (χ2v) is 5.02. The summed E-state index contributed by atoms with van der Waals surface area (Å²) in [7, 11) is 0. The third-order valence-electron chi connectivity index (χ3n) is 3.59. The van der Waals surface area contributed by atoms with Gasteiger partial charge in [-0.25, -0.2) is 4.98 Å². The summed E-state index contributed by atoms with van der Waals surface area (Å²) in [5, 5.41) is 17.3. The minimum Gasteiger partial charge on any atom is -0.353 e. The number of aromatic nitrogens is 3. The van der Waals surface area contributed by atoms with Crippen molar-refractivity contribution < 1.29 is 0 Å². The number of hydrogen-bond donors (Lipinski definition) is 0. The van der Waals surface area contributed by atoms with Crippen LogP contribution in [0.4, 0.5) is 11.6 Å². The van der Waals surface area contributed by atoms with Crippen LogP contribution in [0, 0.1) is 18.3 Å². The van der Waals surface area contributed by atoms with Crippen LogP contribution in [-0.2, 0) is 0 Å². The number of pyridine rings is 1. The van der Waals surface area contributed by atoms with E-state index in [4.69, 9.17) is 5.26 Å². The van der Waals surface area contributed by atoms with Gasteiger partial charge in [0, 0.05) is 32.4 Å². The van der Waals surface area contributed by atoms with E-state index in [-0.39, 0.29) is 0 Å². The molecular formula is C15H16N6. The molecule has 1 aliphatic heterocycles. The first-order chi connectivity index (χ1) is 10.3. The topological polar surface area (TPSA) is 68.9 Å². The number of nitrogens with zero attached hydrogens (tertiary/aromatic N) is 6. The highest BCUT2D eigenvalue weighted by Crippen LogP contribution is 2.17. The van der Waals surface area contributed by atoms with Crippen LogP contribution < -0.4 is 9.80 Å². The average Bonchev–Trinajstić information content (AvgIpc) is 2.56. The summed E-state index contributed by atoms with van der Waals surface area (Å²) < 4.78 is 0. The van der Waals surface area contributed by atoms with Crippen molar-refractivity contribution in [3.8, 4) is 6.07 Å². The number of anilines is 2. The Balaban J connectivity index is 1.67. The van der Waals surface area contributed by atoms with E-state index >= 15 is 0 Å². The van der Waals surface area contributed by atoms with Crippen LogP contribution in [0.3, 0.4) is 0 Å². The molecule has 3 heterocycles. The molecule has 0 saturated carbocycles. The molecule has 106 valence electrons. The molecule has 3 rings (SSSR count). The third-order valence-corrected chi connectivity index (χ3v) is 3.59. The summed E-state index contributed by atoms with van der Waals surface area (Å²) in [5.41, 5.74) is 1.57. The van der Waals surface area contributed by atoms with Crippen LogP contribution in [-0.4, -0.2) is 41.4 Å². The minimum atomic E-state index is 0.645. The van der Waals surface area contributed by atoms with Gasteiger partial charge in [-0.2, -0.15) is 10.4 Å². The van der Waals surface area contributed by atoms with Gasteiger partial charge in [-0.05, 0) is 31.2 Å². The van der Waals surface area contributed by atoms with Gasteiger partial charge >= 0.3 is 0 Å². The summed E-state index contributed by atoms with van der Waals surface area (Å²) >= 11 is 0. The Labute approximate surface area is 123 Å². The van der Waals surface area contributed by atoms with E-state index in [1.165, 1.54) is 0 Å². The Hall–Kier alpha value is -2.68. The first-order valence-electron chi connectivity index (χ1n) is 6.92. The molecule has 0 N–H and O–H groups in total. The van der Waals surface area contributed by atoms with Crippen molar-refractivity contribution in [3.05, 3.63) is 41.7 Å². The van der Waals surface area contributed by atoms with E-state index < -0.39 is 0 Å². The highest BCUT2D eigenvalue weighted by molar-refractivity contribution is 5.47. The van der Waals surface area contributed by atoms with Gasteiger partial charge in [0.2, 0.25) is 0 Å². The quantitative estimate of drug-likeness (QED) is 0.827. The fraction of sp³-hybridized carbons (Fsp3) is 0.333. The summed E-state index contributed by atoms with van der Waals surface area (Å²) in [5.74, 6) is 1.78. The monoisotopic (exact) mass is 280 g/mol. The maximum atomic E-state index is 8.95. The Kier molecular flexibility index (Phi) is 3.65. The zero-order valence-electron chi connectivity index (χ0n) is 11.9. The molecule has 6 nitrogen and oxygen atoms in total. The van der Waals surface area contributed by atoms with E-state index in [2.05, 4.69) is 31.1 Å². The molecule has 6 heteroatoms. The largest absolute Gasteiger partial charge is 0.353 e. The molecule has 0 radical (unpaired) electrons. The van der Waals surface area contributed by atoms with Crippen molar-refractivity contribution >= 4 is 11.6 Å². The molecule has 0 unspecified atom stereocenters. The van der Waals surface area contributed by atoms with Gasteiger partial charge in [0.05, 0.1) is 17.3 Å². The number of nitriles is 1. The number of rotatable bonds is 2. The van der Waals surface area contributed by atoms with Crippen molar-refractivity contribution in [2.24, 2.45) is 0 Å². The molecule has 2 aromatic rings. The van der Waals surface area contributed by atoms with Crippen molar-refractivity contribution in [2.75, 3.05) is 36.0 Å². The lowest BCUT2D eigenvalue weighted by Gasteiger charge is -2.35. The molecular weight excluding hydrogens is 264 g/mol. The molecule has 2 aromatic heterocycles. The molecule has 0 aromatic carbocycles. The third kappa shape index (κ3) is 2.92. The van der Waals surface area contributed by atoms with Crippen LogP contribution in [0.2, 0.25) is 0 Å². The van der Waals surface area contributed by atoms with Crippen molar-refractivity contribution in [2.45, 2.75) is 6.92 Å². The smallest absolute Gasteiger partial charge is 0.151 e. The fourth-order valence-electron chi connectivity index (χ4n) is 2.39. The second kappa shape index (κ2) is 5.75. The average molecular weight is 280 g/mol. The van der Waals surface area contributed by atoms with E-state index in [0.29, 0.717) is 5.56 Å². The maximum absolute atomic E-state index is 8.95. The Morgan fingerprint density at radius 3 is 2.33 bits per heavy atom. The summed E-state index contributed by atoms with van der Waals surface area (Å²) in [6.07, 6.45) is 1.69. The first kappa shape index (κ1) is 13.3. The van der Waals surface area contributed by atoms with Crippen LogP contribution >= 0.6 is 0 Å². The van der Waals surface area contributed by atoms with Crippen LogP contribution in [0.5, 0.6) is 0 Å². The molecule has 1 saturated heterocycles. The van der Waals surface area contributed by atoms with Crippen LogP contribution in [0.15, 0.2) is 30.5 Å². The van der Waals surface area contributed by atoms with Gasteiger partial charge in [-0.3, -0.25) is 0 Å². The first-order valence-corrected chi connectivity index (χ1v) is 6.92. The molecule has 0 atom stereocenters. The van der Waals surface area contributed by atoms with Gasteiger partial charge in [0.1, 0.15) is 5.82 Å². The predicted octanol–water partition coefficient (Wildman–Crippen LogP) is 1.38. The fourth-order valence-corrected chi connectivity index (χ4v) is 2.39. The SMILES string of the molecule is Cc1ccc(N2CCN(c3cc(C#N)ccn3)CC2)nn1. The molecule has 0 bridgehead atoms. The van der Waals surface area contributed by atoms with Crippen LogP contribution in [0.1, 0.15) is 11.3 Å². The van der Waals surface area contributed by atoms with Gasteiger partial charge < -0.3 is 9.80 Å². The summed E-state index contributed by atoms with van der Waals surface area (Å²) in [6, 6.07) is 9.69. The van der Waals surface area contributed by atoms with Crippen molar-refractivity contribution in [1.82, 2.24) is 15.2 Å². The number of hydrogen-bond acceptors (Lipinski definition) is 6. The van der Waals surface area contributed by atoms with Crippen LogP contribution in [0.25, 0.3) is 0 Å². The summed E-state index contributed by atoms with van der Waals surface area (Å²) in [6.45, 7) is 5.39. The van der Waals surface area contributed by atoms with Crippen molar-refractivity contribution in [3.63, 3.8) is 0 Å². The highest BCUT2D eigenvalue weighted by atomic mass is 15.3. The van der Waals surface area contributed by atoms with E-state index in [9.17, 15) is 0 Å². The van der Waals surface area contributed by atoms with E-state index in [0.717, 1.165) is 43.5 Å². The zero-order valence-corrected chi connectivity index (χ0v) is 11.9. The molecule has 1 fully saturated rings. The second-order valence-electron chi connectivity index (χ2n) is 5.02. The summed E-state index contributed by atoms with van der Waals surface area (Å²) in [4.78, 5) is 8.76. The molecule has 0 amide bonds. The Bertz CT molecular complexity index is 653. The lowest BCUT2D eigenvalue weighted by Crippen LogP contribution is -2.47. The minimum absolute atomic E-state index is 0.645. The molecule has 0 spiro atoms. The molecule has 0 aliphatic carbocycles. The normalized spacial score (nSPS) is 14.9. The van der Waals surface area contributed by atoms with Crippen molar-refractivity contribution in [1.29, 1.82) is 5.26 Å². The molecule has 21 heavy (non-hydrogen) atoms. The van der Waals surface area contributed by atoms with Gasteiger partial charge in [0.15, 0.2) is 5.82 Å². The number of piperazine rings is 1. The van der Waals surface area contributed by atoms with E-state index in [1.54, 1.807) is 12.3 Å². The lowest BCUT2D eigenvalue weighted by atomic mass is 10.2. The van der Waals surface area contributed by atoms with Gasteiger partial charge in [-0.1, -0.05) is 0 Å². The zero-order chi connectivity index (χ0) is 14.7. The lowest BCUT2D eigenvalue weighted by molar-refractivity contribution is 0.637. The highest BCUT2D eigenvalue weighted by Gasteiger charge is 2.19. The van der Waals surface area contributed by atoms with E-state index in [1.807, 2.05) is 25.1 Å². The Morgan fingerprint density at radius 2 is 1.71 bits per heavy atom. The van der Waals surface area contributed by atoms with Gasteiger partial charge in [-0.15, -0.1) is 5.10 Å². The van der Waals surface area contributed by atoms with Gasteiger partial charge in [0.25, 0.3) is 0 Å². The molecule has 1 aliphatic rings. The maximum Gasteiger partial charge on any atom is 0.151 e. The predicted molar refractivity (Wildman–Crippen MR) is 80.1 cm³/mol. The number of aryl methyl sites for hydroxylation is 1. The Morgan fingerprint density at radius 1 is 1.00 bits per heavy atom.